The van der Waals surface area contributed by atoms with Gasteiger partial charge in [0, 0.05) is 47.5 Å². The first-order chi connectivity index (χ1) is 35.6. The molecule has 2 heterocycles. The van der Waals surface area contributed by atoms with Crippen molar-refractivity contribution < 1.29 is 105 Å². The zero-order chi connectivity index (χ0) is 56.4. The van der Waals surface area contributed by atoms with Crippen LogP contribution in [0.1, 0.15) is 92.7 Å². The second-order valence-corrected chi connectivity index (χ2v) is 19.3. The van der Waals surface area contributed by atoms with Gasteiger partial charge in [0.1, 0.15) is 55.4 Å². The SMILES string of the molecule is COC(=O)[C@]1(OC[C@H]2O[C@H](O[C@H](C)[C@H](NC(=O)OCC3c4ccccc4-c4ccccc43)C(=O)OC(C)(C)C)[C@H](NC(C)=O)[C@@H](O)[C@H]2O)C[C@H](OC(C)=O)[C@@H](NC(C)=O)[C@H]([C@H](OC(C)=O)[C@@H](COC(C)=O)OC(C)=O)O1. The highest BCUT2D eigenvalue weighted by atomic mass is 16.8. The monoisotopic (exact) mass is 1070 g/mol. The number of aliphatic hydroxyl groups is 2. The predicted molar refractivity (Wildman–Crippen MR) is 258 cm³/mol. The molecule has 5 rings (SSSR count). The van der Waals surface area contributed by atoms with Crippen LogP contribution in [0.2, 0.25) is 0 Å². The van der Waals surface area contributed by atoms with Gasteiger partial charge in [-0.15, -0.1) is 0 Å². The number of carbonyl (C=O) groups excluding carboxylic acids is 9. The first kappa shape index (κ1) is 60.1. The molecule has 0 spiro atoms. The molecule has 2 saturated heterocycles. The van der Waals surface area contributed by atoms with Gasteiger partial charge in [-0.05, 0) is 49.9 Å². The molecule has 0 radical (unpaired) electrons. The standard InChI is InChI=1S/C51H67N3O22/c1-24(39(46(63)76-50(8,9)10)54-49(65)68-21-35-33-18-14-12-16-31(33)32-17-13-15-19-34(32)35)70-47-41(53-26(3)56)43(62)42(61)37(74-47)23-69-51(48(64)66-11)20-36(71-28(5)58)40(52-25(2)55)45(75-51)44(73-30(7)60)38(72-29(6)59)22-67-27(4)57/h12-19,24,35-45,47,61-62H,20-23H2,1-11H3,(H,52,55)(H,53,56)(H,54,65)/t24-,36+,37-,38-,39+,40-,41-,42+,43-,44-,45-,47+,51+/m1/s1. The number of fused-ring (bicyclic) bond motifs is 3. The van der Waals surface area contributed by atoms with E-state index in [1.54, 1.807) is 20.8 Å². The van der Waals surface area contributed by atoms with Crippen LogP contribution in [-0.2, 0) is 90.5 Å². The number of carbonyl (C=O) groups is 9. The summed E-state index contributed by atoms with van der Waals surface area (Å²) in [6, 6.07) is 10.5. The Bertz CT molecular complexity index is 2420. The number of ether oxygens (including phenoxy) is 11. The molecule has 0 aromatic heterocycles. The number of amides is 3. The van der Waals surface area contributed by atoms with Gasteiger partial charge in [-0.3, -0.25) is 28.8 Å². The molecule has 1 aliphatic carbocycles. The van der Waals surface area contributed by atoms with Crippen LogP contribution in [0.25, 0.3) is 11.1 Å². The Hall–Kier alpha value is -6.77. The maximum Gasteiger partial charge on any atom is 0.407 e. The summed E-state index contributed by atoms with van der Waals surface area (Å²) < 4.78 is 63.0. The molecule has 2 aromatic carbocycles. The van der Waals surface area contributed by atoms with Crippen LogP contribution in [-0.4, -0.2) is 176 Å². The summed E-state index contributed by atoms with van der Waals surface area (Å²) in [6.07, 6.45) is -17.9. The van der Waals surface area contributed by atoms with Gasteiger partial charge in [0.2, 0.25) is 11.8 Å². The maximum absolute atomic E-state index is 14.1. The average Bonchev–Trinajstić information content (AvgIpc) is 3.65. The molecular formula is C51H67N3O22. The lowest BCUT2D eigenvalue weighted by atomic mass is 9.87. The second kappa shape index (κ2) is 25.8. The summed E-state index contributed by atoms with van der Waals surface area (Å²) in [6.45, 7) is 10.4. The van der Waals surface area contributed by atoms with E-state index in [2.05, 4.69) is 16.0 Å². The van der Waals surface area contributed by atoms with Crippen molar-refractivity contribution in [3.63, 3.8) is 0 Å². The molecule has 76 heavy (non-hydrogen) atoms. The van der Waals surface area contributed by atoms with Crippen molar-refractivity contribution in [2.24, 2.45) is 0 Å². The number of hydrogen-bond acceptors (Lipinski definition) is 22. The molecule has 3 amide bonds. The minimum Gasteiger partial charge on any atom is -0.465 e. The molecule has 2 aliphatic heterocycles. The average molecular weight is 1070 g/mol. The molecule has 0 saturated carbocycles. The topological polar surface area (TPSA) is 332 Å². The van der Waals surface area contributed by atoms with Crippen LogP contribution in [0.15, 0.2) is 48.5 Å². The fourth-order valence-electron chi connectivity index (χ4n) is 9.13. The third kappa shape index (κ3) is 15.4. The fraction of sp³-hybridized carbons (Fsp3) is 0.588. The number of rotatable bonds is 20. The molecule has 0 bridgehead atoms. The normalized spacial score (nSPS) is 25.5. The third-order valence-electron chi connectivity index (χ3n) is 12.1. The largest absolute Gasteiger partial charge is 0.465 e. The summed E-state index contributed by atoms with van der Waals surface area (Å²) >= 11 is 0. The molecule has 2 aromatic rings. The Kier molecular flexibility index (Phi) is 20.4. The summed E-state index contributed by atoms with van der Waals surface area (Å²) in [7, 11) is 0.926. The maximum atomic E-state index is 14.1. The third-order valence-corrected chi connectivity index (χ3v) is 12.1. The van der Waals surface area contributed by atoms with E-state index >= 15 is 0 Å². The van der Waals surface area contributed by atoms with E-state index < -0.39 is 158 Å². The van der Waals surface area contributed by atoms with Crippen molar-refractivity contribution >= 4 is 53.7 Å². The number of aliphatic hydroxyl groups excluding tert-OH is 2. The molecular weight excluding hydrogens is 1010 g/mol. The molecule has 2 fully saturated rings. The number of esters is 6. The van der Waals surface area contributed by atoms with Crippen molar-refractivity contribution in [2.75, 3.05) is 26.9 Å². The van der Waals surface area contributed by atoms with Crippen LogP contribution in [0.4, 0.5) is 4.79 Å². The van der Waals surface area contributed by atoms with Crippen LogP contribution in [0.3, 0.4) is 0 Å². The van der Waals surface area contributed by atoms with Crippen molar-refractivity contribution in [3.05, 3.63) is 59.7 Å². The van der Waals surface area contributed by atoms with Gasteiger partial charge in [0.05, 0.1) is 32.3 Å². The van der Waals surface area contributed by atoms with Crippen molar-refractivity contribution in [3.8, 4) is 11.1 Å². The van der Waals surface area contributed by atoms with Crippen molar-refractivity contribution in [1.82, 2.24) is 16.0 Å². The van der Waals surface area contributed by atoms with Crippen LogP contribution in [0, 0.1) is 0 Å². The fourth-order valence-corrected chi connectivity index (χ4v) is 9.13. The van der Waals surface area contributed by atoms with E-state index in [1.165, 1.54) is 6.92 Å². The van der Waals surface area contributed by atoms with Crippen molar-refractivity contribution in [1.29, 1.82) is 0 Å². The molecule has 25 nitrogen and oxygen atoms in total. The molecule has 0 unspecified atom stereocenters. The second-order valence-electron chi connectivity index (χ2n) is 19.3. The van der Waals surface area contributed by atoms with E-state index in [9.17, 15) is 53.4 Å². The quantitative estimate of drug-likeness (QED) is 0.0916. The Morgan fingerprint density at radius 2 is 1.33 bits per heavy atom. The minimum atomic E-state index is -2.78. The first-order valence-electron chi connectivity index (χ1n) is 24.3. The van der Waals surface area contributed by atoms with Gasteiger partial charge in [-0.2, -0.15) is 0 Å². The number of alkyl carbamates (subject to hydrolysis) is 1. The zero-order valence-electron chi connectivity index (χ0n) is 44.0. The summed E-state index contributed by atoms with van der Waals surface area (Å²) in [5, 5.41) is 30.7. The van der Waals surface area contributed by atoms with E-state index in [-0.39, 0.29) is 12.5 Å². The van der Waals surface area contributed by atoms with Gasteiger partial charge < -0.3 is 78.3 Å². The van der Waals surface area contributed by atoms with Gasteiger partial charge in [0.25, 0.3) is 5.79 Å². The van der Waals surface area contributed by atoms with Gasteiger partial charge >= 0.3 is 41.9 Å². The van der Waals surface area contributed by atoms with E-state index in [0.29, 0.717) is 0 Å². The molecule has 3 aliphatic rings. The summed E-state index contributed by atoms with van der Waals surface area (Å²) in [5.74, 6) is -10.7. The number of benzene rings is 2. The van der Waals surface area contributed by atoms with Gasteiger partial charge in [0.15, 0.2) is 24.5 Å². The van der Waals surface area contributed by atoms with E-state index in [1.807, 2.05) is 48.5 Å². The molecule has 13 atom stereocenters. The number of hydrogen-bond donors (Lipinski definition) is 5. The number of methoxy groups -OCH3 is 1. The Morgan fingerprint density at radius 1 is 0.750 bits per heavy atom. The number of nitrogens with one attached hydrogen (secondary N) is 3. The van der Waals surface area contributed by atoms with E-state index in [0.717, 1.165) is 70.9 Å². The highest BCUT2D eigenvalue weighted by Crippen LogP contribution is 2.45. The lowest BCUT2D eigenvalue weighted by Gasteiger charge is -2.49. The zero-order valence-corrected chi connectivity index (χ0v) is 44.0. The predicted octanol–water partition coefficient (Wildman–Crippen LogP) is 1.13. The van der Waals surface area contributed by atoms with Gasteiger partial charge in [-0.25, -0.2) is 14.4 Å². The lowest BCUT2D eigenvalue weighted by molar-refractivity contribution is -0.334. The highest BCUT2D eigenvalue weighted by molar-refractivity contribution is 5.83. The Balaban J connectivity index is 1.47. The van der Waals surface area contributed by atoms with E-state index in [4.69, 9.17) is 52.1 Å². The molecule has 25 heteroatoms. The van der Waals surface area contributed by atoms with Crippen LogP contribution < -0.4 is 16.0 Å². The highest BCUT2D eigenvalue weighted by Gasteiger charge is 2.60. The summed E-state index contributed by atoms with van der Waals surface area (Å²) in [4.78, 5) is 117. The Labute approximate surface area is 438 Å². The van der Waals surface area contributed by atoms with Crippen LogP contribution in [0.5, 0.6) is 0 Å². The van der Waals surface area contributed by atoms with Crippen LogP contribution >= 0.6 is 0 Å². The van der Waals surface area contributed by atoms with Crippen molar-refractivity contribution in [2.45, 2.75) is 166 Å². The Morgan fingerprint density at radius 3 is 1.86 bits per heavy atom. The minimum absolute atomic E-state index is 0.128. The molecule has 418 valence electrons. The van der Waals surface area contributed by atoms with Gasteiger partial charge in [-0.1, -0.05) is 48.5 Å². The summed E-state index contributed by atoms with van der Waals surface area (Å²) in [5.41, 5.74) is 2.72. The molecule has 5 N–H and O–H groups in total. The smallest absolute Gasteiger partial charge is 0.407 e. The first-order valence-corrected chi connectivity index (χ1v) is 24.3. The lowest BCUT2D eigenvalue weighted by Crippen LogP contribution is -2.70.